The fourth-order valence-corrected chi connectivity index (χ4v) is 2.61. The van der Waals surface area contributed by atoms with E-state index in [-0.39, 0.29) is 23.2 Å². The van der Waals surface area contributed by atoms with Gasteiger partial charge in [-0.3, -0.25) is 14.4 Å². The minimum atomic E-state index is -0.993. The molecular formula is C22H24N2O5. The number of esters is 1. The van der Waals surface area contributed by atoms with Crippen LogP contribution in [0.15, 0.2) is 48.5 Å². The minimum Gasteiger partial charge on any atom is -0.451 e. The molecule has 2 amide bonds. The topological polar surface area (TPSA) is 102 Å². The van der Waals surface area contributed by atoms with Crippen molar-refractivity contribution < 1.29 is 23.9 Å². The van der Waals surface area contributed by atoms with E-state index < -0.39 is 12.1 Å². The molecule has 0 aliphatic rings. The van der Waals surface area contributed by atoms with Gasteiger partial charge in [-0.1, -0.05) is 13.0 Å². The SMILES string of the molecule is CCCC(=O)Nc1ccc(C(=O)C(C)OC(=O)c2cccc(NC(C)=O)c2)cc1. The van der Waals surface area contributed by atoms with Gasteiger partial charge in [0.15, 0.2) is 6.10 Å². The molecule has 0 spiro atoms. The molecule has 0 saturated heterocycles. The zero-order valence-electron chi connectivity index (χ0n) is 16.7. The summed E-state index contributed by atoms with van der Waals surface area (Å²) >= 11 is 0. The van der Waals surface area contributed by atoms with Crippen molar-refractivity contribution in [2.24, 2.45) is 0 Å². The molecule has 0 fully saturated rings. The summed E-state index contributed by atoms with van der Waals surface area (Å²) in [6.07, 6.45) is 0.183. The number of nitrogens with one attached hydrogen (secondary N) is 2. The van der Waals surface area contributed by atoms with Crippen molar-refractivity contribution in [3.8, 4) is 0 Å². The molecule has 7 nitrogen and oxygen atoms in total. The van der Waals surface area contributed by atoms with Gasteiger partial charge < -0.3 is 15.4 Å². The normalized spacial score (nSPS) is 11.3. The summed E-state index contributed by atoms with van der Waals surface area (Å²) in [5, 5.41) is 5.33. The van der Waals surface area contributed by atoms with E-state index in [4.69, 9.17) is 4.74 Å². The second-order valence-corrected chi connectivity index (χ2v) is 6.55. The first-order chi connectivity index (χ1) is 13.8. The fraction of sp³-hybridized carbons (Fsp3) is 0.273. The smallest absolute Gasteiger partial charge is 0.338 e. The minimum absolute atomic E-state index is 0.0876. The van der Waals surface area contributed by atoms with Gasteiger partial charge in [0.05, 0.1) is 5.56 Å². The van der Waals surface area contributed by atoms with Crippen LogP contribution in [0.4, 0.5) is 11.4 Å². The zero-order chi connectivity index (χ0) is 21.4. The molecule has 2 rings (SSSR count). The van der Waals surface area contributed by atoms with Crippen molar-refractivity contribution in [3.05, 3.63) is 59.7 Å². The van der Waals surface area contributed by atoms with E-state index in [9.17, 15) is 19.2 Å². The van der Waals surface area contributed by atoms with E-state index in [1.165, 1.54) is 19.9 Å². The summed E-state index contributed by atoms with van der Waals surface area (Å²) in [4.78, 5) is 47.6. The molecular weight excluding hydrogens is 372 g/mol. The van der Waals surface area contributed by atoms with Crippen LogP contribution in [-0.4, -0.2) is 29.7 Å². The Labute approximate surface area is 169 Å². The Morgan fingerprint density at radius 1 is 0.931 bits per heavy atom. The van der Waals surface area contributed by atoms with E-state index in [1.54, 1.807) is 42.5 Å². The van der Waals surface area contributed by atoms with Gasteiger partial charge in [-0.05, 0) is 55.8 Å². The Hall–Kier alpha value is -3.48. The lowest BCUT2D eigenvalue weighted by atomic mass is 10.1. The Morgan fingerprint density at radius 2 is 1.62 bits per heavy atom. The number of amides is 2. The fourth-order valence-electron chi connectivity index (χ4n) is 2.61. The molecule has 0 aliphatic carbocycles. The molecule has 0 heterocycles. The van der Waals surface area contributed by atoms with Crippen molar-refractivity contribution >= 4 is 34.9 Å². The Balaban J connectivity index is 2.00. The molecule has 2 aromatic rings. The average Bonchev–Trinajstić information content (AvgIpc) is 2.67. The monoisotopic (exact) mass is 396 g/mol. The number of ether oxygens (including phenoxy) is 1. The molecule has 2 N–H and O–H groups in total. The van der Waals surface area contributed by atoms with Crippen LogP contribution in [0.2, 0.25) is 0 Å². The number of carbonyl (C=O) groups excluding carboxylic acids is 4. The molecule has 2 aromatic carbocycles. The van der Waals surface area contributed by atoms with Crippen molar-refractivity contribution in [2.45, 2.75) is 39.7 Å². The van der Waals surface area contributed by atoms with Gasteiger partial charge >= 0.3 is 5.97 Å². The number of hydrogen-bond donors (Lipinski definition) is 2. The third-order valence-corrected chi connectivity index (χ3v) is 4.00. The highest BCUT2D eigenvalue weighted by Crippen LogP contribution is 2.16. The largest absolute Gasteiger partial charge is 0.451 e. The average molecular weight is 396 g/mol. The van der Waals surface area contributed by atoms with Crippen LogP contribution in [0.3, 0.4) is 0 Å². The zero-order valence-corrected chi connectivity index (χ0v) is 16.7. The summed E-state index contributed by atoms with van der Waals surface area (Å²) in [6, 6.07) is 12.7. The quantitative estimate of drug-likeness (QED) is 0.522. The van der Waals surface area contributed by atoms with Crippen LogP contribution >= 0.6 is 0 Å². The van der Waals surface area contributed by atoms with Crippen LogP contribution in [0, 0.1) is 0 Å². The lowest BCUT2D eigenvalue weighted by Crippen LogP contribution is -2.24. The first-order valence-corrected chi connectivity index (χ1v) is 9.33. The number of benzene rings is 2. The van der Waals surface area contributed by atoms with Gasteiger partial charge in [0.2, 0.25) is 17.6 Å². The molecule has 152 valence electrons. The molecule has 0 aliphatic heterocycles. The van der Waals surface area contributed by atoms with Crippen molar-refractivity contribution in [3.63, 3.8) is 0 Å². The first-order valence-electron chi connectivity index (χ1n) is 9.33. The number of Topliss-reactive ketones (excluding diaryl/α,β-unsaturated/α-hetero) is 1. The molecule has 1 atom stereocenters. The van der Waals surface area contributed by atoms with Crippen LogP contribution in [0.5, 0.6) is 0 Å². The highest BCUT2D eigenvalue weighted by molar-refractivity contribution is 6.02. The van der Waals surface area contributed by atoms with Crippen LogP contribution in [0.1, 0.15) is 54.3 Å². The molecule has 1 unspecified atom stereocenters. The van der Waals surface area contributed by atoms with Gasteiger partial charge in [0, 0.05) is 30.3 Å². The standard InChI is InChI=1S/C22H24N2O5/c1-4-6-20(26)24-18-11-9-16(10-12-18)21(27)14(2)29-22(28)17-7-5-8-19(13-17)23-15(3)25/h5,7-14H,4,6H2,1-3H3,(H,23,25)(H,24,26). The van der Waals surface area contributed by atoms with Gasteiger partial charge in [0.1, 0.15) is 0 Å². The van der Waals surface area contributed by atoms with Crippen LogP contribution < -0.4 is 10.6 Å². The summed E-state index contributed by atoms with van der Waals surface area (Å²) in [5.74, 6) is -1.37. The molecule has 0 saturated carbocycles. The maximum atomic E-state index is 12.5. The number of ketones is 1. The second kappa shape index (κ2) is 10.2. The predicted molar refractivity (Wildman–Crippen MR) is 110 cm³/mol. The summed E-state index contributed by atoms with van der Waals surface area (Å²) < 4.78 is 5.27. The van der Waals surface area contributed by atoms with Crippen molar-refractivity contribution in [1.82, 2.24) is 0 Å². The number of anilines is 2. The molecule has 0 aromatic heterocycles. The summed E-state index contributed by atoms with van der Waals surface area (Å²) in [7, 11) is 0. The predicted octanol–water partition coefficient (Wildman–Crippen LogP) is 3.81. The van der Waals surface area contributed by atoms with Crippen LogP contribution in [-0.2, 0) is 14.3 Å². The summed E-state index contributed by atoms with van der Waals surface area (Å²) in [5.41, 5.74) is 1.65. The van der Waals surface area contributed by atoms with E-state index in [2.05, 4.69) is 10.6 Å². The molecule has 29 heavy (non-hydrogen) atoms. The van der Waals surface area contributed by atoms with Crippen LogP contribution in [0.25, 0.3) is 0 Å². The lowest BCUT2D eigenvalue weighted by Gasteiger charge is -2.13. The number of hydrogen-bond acceptors (Lipinski definition) is 5. The number of rotatable bonds is 8. The maximum Gasteiger partial charge on any atom is 0.338 e. The van der Waals surface area contributed by atoms with Gasteiger partial charge in [0.25, 0.3) is 0 Å². The van der Waals surface area contributed by atoms with Gasteiger partial charge in [-0.2, -0.15) is 0 Å². The molecule has 7 heteroatoms. The third kappa shape index (κ3) is 6.57. The van der Waals surface area contributed by atoms with Gasteiger partial charge in [-0.15, -0.1) is 0 Å². The third-order valence-electron chi connectivity index (χ3n) is 4.00. The van der Waals surface area contributed by atoms with Gasteiger partial charge in [-0.25, -0.2) is 4.79 Å². The first kappa shape index (κ1) is 21.8. The lowest BCUT2D eigenvalue weighted by molar-refractivity contribution is -0.116. The second-order valence-electron chi connectivity index (χ2n) is 6.55. The highest BCUT2D eigenvalue weighted by atomic mass is 16.5. The molecule has 0 bridgehead atoms. The van der Waals surface area contributed by atoms with E-state index >= 15 is 0 Å². The van der Waals surface area contributed by atoms with E-state index in [0.717, 1.165) is 6.42 Å². The van der Waals surface area contributed by atoms with E-state index in [0.29, 0.717) is 23.4 Å². The Bertz CT molecular complexity index is 906. The Kier molecular flexibility index (Phi) is 7.65. The maximum absolute atomic E-state index is 12.5. The molecule has 0 radical (unpaired) electrons. The number of carbonyl (C=O) groups is 4. The summed E-state index contributed by atoms with van der Waals surface area (Å²) in [6.45, 7) is 4.78. The van der Waals surface area contributed by atoms with Crippen molar-refractivity contribution in [1.29, 1.82) is 0 Å². The van der Waals surface area contributed by atoms with E-state index in [1.807, 2.05) is 6.92 Å². The van der Waals surface area contributed by atoms with Crippen molar-refractivity contribution in [2.75, 3.05) is 10.6 Å². The Morgan fingerprint density at radius 3 is 2.24 bits per heavy atom. The highest BCUT2D eigenvalue weighted by Gasteiger charge is 2.20.